The predicted molar refractivity (Wildman–Crippen MR) is 58.2 cm³/mol. The number of ether oxygens (including phenoxy) is 1. The standard InChI is InChI=1S/C7H14O2.C4H10O/c1-3-4-5-6-9-7(2)8;1-2-3-4-5/h3-6H2,1-2H3;5H,2-4H2,1H3. The highest BCUT2D eigenvalue weighted by Crippen LogP contribution is 1.93. The van der Waals surface area contributed by atoms with Crippen molar-refractivity contribution < 1.29 is 14.6 Å². The van der Waals surface area contributed by atoms with Crippen LogP contribution in [0.4, 0.5) is 0 Å². The Morgan fingerprint density at radius 2 is 1.71 bits per heavy atom. The molecule has 0 fully saturated rings. The van der Waals surface area contributed by atoms with Crippen LogP contribution in [0.1, 0.15) is 52.9 Å². The van der Waals surface area contributed by atoms with Gasteiger partial charge < -0.3 is 9.84 Å². The summed E-state index contributed by atoms with van der Waals surface area (Å²) in [4.78, 5) is 10.2. The summed E-state index contributed by atoms with van der Waals surface area (Å²) >= 11 is 0. The van der Waals surface area contributed by atoms with E-state index < -0.39 is 0 Å². The highest BCUT2D eigenvalue weighted by molar-refractivity contribution is 5.65. The molecule has 0 saturated carbocycles. The second kappa shape index (κ2) is 14.9. The average molecular weight is 204 g/mol. The van der Waals surface area contributed by atoms with E-state index >= 15 is 0 Å². The summed E-state index contributed by atoms with van der Waals surface area (Å²) in [5.74, 6) is -0.175. The number of hydrogen-bond donors (Lipinski definition) is 1. The first-order valence-electron chi connectivity index (χ1n) is 5.43. The fourth-order valence-electron chi connectivity index (χ4n) is 0.726. The van der Waals surface area contributed by atoms with Crippen molar-refractivity contribution >= 4 is 5.97 Å². The molecular formula is C11H24O3. The molecule has 3 heteroatoms. The number of carbonyl (C=O) groups excluding carboxylic acids is 1. The van der Waals surface area contributed by atoms with Gasteiger partial charge in [0.2, 0.25) is 0 Å². The summed E-state index contributed by atoms with van der Waals surface area (Å²) < 4.78 is 4.70. The SMILES string of the molecule is CCCCCOC(C)=O.CCCCO. The topological polar surface area (TPSA) is 46.5 Å². The molecule has 14 heavy (non-hydrogen) atoms. The van der Waals surface area contributed by atoms with Gasteiger partial charge in [0, 0.05) is 13.5 Å². The van der Waals surface area contributed by atoms with E-state index in [1.54, 1.807) is 0 Å². The number of hydrogen-bond acceptors (Lipinski definition) is 3. The van der Waals surface area contributed by atoms with Gasteiger partial charge in [0.1, 0.15) is 0 Å². The van der Waals surface area contributed by atoms with Gasteiger partial charge in [-0.1, -0.05) is 33.1 Å². The van der Waals surface area contributed by atoms with Gasteiger partial charge in [-0.15, -0.1) is 0 Å². The zero-order chi connectivity index (χ0) is 11.2. The number of carbonyl (C=O) groups is 1. The van der Waals surface area contributed by atoms with Crippen LogP contribution in [0.3, 0.4) is 0 Å². The maximum atomic E-state index is 10.2. The first-order chi connectivity index (χ1) is 6.68. The zero-order valence-electron chi connectivity index (χ0n) is 9.71. The fourth-order valence-corrected chi connectivity index (χ4v) is 0.726. The van der Waals surface area contributed by atoms with Gasteiger partial charge in [-0.2, -0.15) is 0 Å². The van der Waals surface area contributed by atoms with Gasteiger partial charge >= 0.3 is 5.97 Å². The second-order valence-corrected chi connectivity index (χ2v) is 3.12. The minimum absolute atomic E-state index is 0.175. The van der Waals surface area contributed by atoms with E-state index in [0.717, 1.165) is 25.7 Å². The van der Waals surface area contributed by atoms with E-state index in [2.05, 4.69) is 13.8 Å². The molecule has 0 rings (SSSR count). The molecular weight excluding hydrogens is 180 g/mol. The van der Waals surface area contributed by atoms with Crippen LogP contribution >= 0.6 is 0 Å². The Balaban J connectivity index is 0. The Morgan fingerprint density at radius 1 is 1.14 bits per heavy atom. The lowest BCUT2D eigenvalue weighted by Crippen LogP contribution is -1.99. The van der Waals surface area contributed by atoms with Crippen molar-refractivity contribution in [1.29, 1.82) is 0 Å². The van der Waals surface area contributed by atoms with Crippen LogP contribution in [0.15, 0.2) is 0 Å². The number of rotatable bonds is 6. The molecule has 0 bridgehead atoms. The number of aliphatic hydroxyl groups is 1. The summed E-state index contributed by atoms with van der Waals surface area (Å²) in [5.41, 5.74) is 0. The summed E-state index contributed by atoms with van der Waals surface area (Å²) in [7, 11) is 0. The van der Waals surface area contributed by atoms with Gasteiger partial charge in [0.05, 0.1) is 6.61 Å². The highest BCUT2D eigenvalue weighted by atomic mass is 16.5. The Morgan fingerprint density at radius 3 is 2.00 bits per heavy atom. The lowest BCUT2D eigenvalue weighted by molar-refractivity contribution is -0.141. The molecule has 3 nitrogen and oxygen atoms in total. The Labute approximate surface area is 87.5 Å². The minimum atomic E-state index is -0.175. The third-order valence-corrected chi connectivity index (χ3v) is 1.56. The van der Waals surface area contributed by atoms with E-state index in [0.29, 0.717) is 13.2 Å². The molecule has 0 unspecified atom stereocenters. The molecule has 0 aromatic rings. The first kappa shape index (κ1) is 15.9. The van der Waals surface area contributed by atoms with Crippen molar-refractivity contribution in [2.45, 2.75) is 52.9 Å². The number of aliphatic hydroxyl groups excluding tert-OH is 1. The average Bonchev–Trinajstić information content (AvgIpc) is 2.15. The monoisotopic (exact) mass is 204 g/mol. The molecule has 86 valence electrons. The van der Waals surface area contributed by atoms with Crippen LogP contribution < -0.4 is 0 Å². The van der Waals surface area contributed by atoms with Crippen LogP contribution in [0.5, 0.6) is 0 Å². The van der Waals surface area contributed by atoms with Crippen molar-refractivity contribution in [2.24, 2.45) is 0 Å². The second-order valence-electron chi connectivity index (χ2n) is 3.12. The molecule has 0 amide bonds. The van der Waals surface area contributed by atoms with Gasteiger partial charge in [-0.05, 0) is 12.8 Å². The highest BCUT2D eigenvalue weighted by Gasteiger charge is 1.89. The van der Waals surface area contributed by atoms with Gasteiger partial charge in [-0.3, -0.25) is 4.79 Å². The Hall–Kier alpha value is -0.570. The molecule has 0 aliphatic rings. The quantitative estimate of drug-likeness (QED) is 0.534. The molecule has 0 aromatic heterocycles. The van der Waals surface area contributed by atoms with E-state index in [4.69, 9.17) is 9.84 Å². The van der Waals surface area contributed by atoms with Crippen LogP contribution in [0.25, 0.3) is 0 Å². The molecule has 0 radical (unpaired) electrons. The Kier molecular flexibility index (Phi) is 16.9. The normalized spacial score (nSPS) is 8.86. The maximum absolute atomic E-state index is 10.2. The lowest BCUT2D eigenvalue weighted by Gasteiger charge is -1.98. The largest absolute Gasteiger partial charge is 0.466 e. The van der Waals surface area contributed by atoms with E-state index in [-0.39, 0.29) is 5.97 Å². The maximum Gasteiger partial charge on any atom is 0.302 e. The van der Waals surface area contributed by atoms with Gasteiger partial charge in [0.15, 0.2) is 0 Å². The molecule has 0 heterocycles. The van der Waals surface area contributed by atoms with Crippen molar-refractivity contribution in [3.05, 3.63) is 0 Å². The minimum Gasteiger partial charge on any atom is -0.466 e. The van der Waals surface area contributed by atoms with Gasteiger partial charge in [0.25, 0.3) is 0 Å². The van der Waals surface area contributed by atoms with Crippen molar-refractivity contribution in [1.82, 2.24) is 0 Å². The molecule has 1 N–H and O–H groups in total. The van der Waals surface area contributed by atoms with Gasteiger partial charge in [-0.25, -0.2) is 0 Å². The number of esters is 1. The molecule has 0 aliphatic heterocycles. The third kappa shape index (κ3) is 22.5. The first-order valence-corrected chi connectivity index (χ1v) is 5.43. The Bertz CT molecular complexity index is 111. The van der Waals surface area contributed by atoms with E-state index in [1.165, 1.54) is 13.3 Å². The molecule has 0 saturated heterocycles. The van der Waals surface area contributed by atoms with Crippen molar-refractivity contribution in [3.63, 3.8) is 0 Å². The molecule has 0 spiro atoms. The number of unbranched alkanes of at least 4 members (excludes halogenated alkanes) is 3. The predicted octanol–water partition coefficient (Wildman–Crippen LogP) is 2.52. The van der Waals surface area contributed by atoms with Crippen molar-refractivity contribution in [3.8, 4) is 0 Å². The summed E-state index contributed by atoms with van der Waals surface area (Å²) in [6, 6.07) is 0. The van der Waals surface area contributed by atoms with Crippen LogP contribution in [-0.4, -0.2) is 24.3 Å². The summed E-state index contributed by atoms with van der Waals surface area (Å²) in [6.45, 7) is 6.54. The summed E-state index contributed by atoms with van der Waals surface area (Å²) in [6.07, 6.45) is 5.35. The summed E-state index contributed by atoms with van der Waals surface area (Å²) in [5, 5.41) is 8.07. The molecule has 0 aliphatic carbocycles. The van der Waals surface area contributed by atoms with E-state index in [9.17, 15) is 4.79 Å². The fraction of sp³-hybridized carbons (Fsp3) is 0.909. The molecule has 0 atom stereocenters. The van der Waals surface area contributed by atoms with Crippen LogP contribution in [-0.2, 0) is 9.53 Å². The van der Waals surface area contributed by atoms with Crippen LogP contribution in [0, 0.1) is 0 Å². The van der Waals surface area contributed by atoms with Crippen molar-refractivity contribution in [2.75, 3.05) is 13.2 Å². The zero-order valence-corrected chi connectivity index (χ0v) is 9.71. The smallest absolute Gasteiger partial charge is 0.302 e. The lowest BCUT2D eigenvalue weighted by atomic mass is 10.3. The molecule has 0 aromatic carbocycles. The van der Waals surface area contributed by atoms with E-state index in [1.807, 2.05) is 0 Å². The van der Waals surface area contributed by atoms with Crippen LogP contribution in [0.2, 0.25) is 0 Å². The third-order valence-electron chi connectivity index (χ3n) is 1.56.